The first-order chi connectivity index (χ1) is 10.0. The summed E-state index contributed by atoms with van der Waals surface area (Å²) in [6, 6.07) is 7.40. The fourth-order valence-electron chi connectivity index (χ4n) is 1.47. The number of thiocarbonyl (C=S) groups is 1. The van der Waals surface area contributed by atoms with E-state index in [0.717, 1.165) is 12.0 Å². The van der Waals surface area contributed by atoms with Crippen molar-refractivity contribution in [3.05, 3.63) is 29.8 Å². The van der Waals surface area contributed by atoms with Crippen LogP contribution in [-0.2, 0) is 9.59 Å². The topological polar surface area (TPSA) is 79.5 Å². The molecule has 7 heteroatoms. The van der Waals surface area contributed by atoms with E-state index in [-0.39, 0.29) is 17.6 Å². The predicted molar refractivity (Wildman–Crippen MR) is 83.6 cm³/mol. The lowest BCUT2D eigenvalue weighted by Crippen LogP contribution is -2.49. The minimum Gasteiger partial charge on any atom is -0.483 e. The summed E-state index contributed by atoms with van der Waals surface area (Å²) in [4.78, 5) is 22.8. The Morgan fingerprint density at radius 3 is 2.57 bits per heavy atom. The highest BCUT2D eigenvalue weighted by Gasteiger charge is 2.06. The molecule has 1 aromatic carbocycles. The first-order valence-electron chi connectivity index (χ1n) is 6.60. The molecule has 0 atom stereocenters. The number of hydrazine groups is 1. The third-order valence-electron chi connectivity index (χ3n) is 2.50. The molecule has 21 heavy (non-hydrogen) atoms. The Labute approximate surface area is 129 Å². The van der Waals surface area contributed by atoms with Crippen molar-refractivity contribution in [3.63, 3.8) is 0 Å². The van der Waals surface area contributed by atoms with Gasteiger partial charge in [-0.1, -0.05) is 25.1 Å². The number of para-hydroxylation sites is 1. The molecule has 0 heterocycles. The van der Waals surface area contributed by atoms with E-state index in [1.54, 1.807) is 6.07 Å². The number of hydrogen-bond donors (Lipinski definition) is 3. The lowest BCUT2D eigenvalue weighted by molar-refractivity contribution is -0.124. The molecular formula is C14H19N3O3S. The Kier molecular flexibility index (Phi) is 7.17. The number of carbonyl (C=O) groups is 2. The first kappa shape index (κ1) is 16.9. The molecule has 2 amide bonds. The number of ether oxygens (including phenoxy) is 1. The number of nitrogens with one attached hydrogen (secondary N) is 3. The standard InChI is InChI=1S/C14H19N3O3S/c1-3-6-12(18)15-14(21)17-16-13(19)9-20-11-8-5-4-7-10(11)2/h4-5,7-8H,3,6,9H2,1-2H3,(H,16,19)(H2,15,17,18,21). The normalized spacial score (nSPS) is 9.62. The van der Waals surface area contributed by atoms with Gasteiger partial charge < -0.3 is 10.1 Å². The Bertz CT molecular complexity index is 520. The van der Waals surface area contributed by atoms with E-state index in [1.807, 2.05) is 32.0 Å². The molecule has 0 aliphatic carbocycles. The second kappa shape index (κ2) is 8.91. The Morgan fingerprint density at radius 1 is 1.19 bits per heavy atom. The summed E-state index contributed by atoms with van der Waals surface area (Å²) >= 11 is 4.86. The molecule has 0 aromatic heterocycles. The summed E-state index contributed by atoms with van der Waals surface area (Å²) in [6.07, 6.45) is 1.11. The van der Waals surface area contributed by atoms with Crippen LogP contribution in [-0.4, -0.2) is 23.5 Å². The number of amides is 2. The van der Waals surface area contributed by atoms with E-state index >= 15 is 0 Å². The van der Waals surface area contributed by atoms with Crippen LogP contribution in [0.1, 0.15) is 25.3 Å². The largest absolute Gasteiger partial charge is 0.483 e. The number of carbonyl (C=O) groups excluding carboxylic acids is 2. The lowest BCUT2D eigenvalue weighted by atomic mass is 10.2. The minimum absolute atomic E-state index is 0.0534. The van der Waals surface area contributed by atoms with E-state index < -0.39 is 5.91 Å². The smallest absolute Gasteiger partial charge is 0.276 e. The second-order valence-corrected chi connectivity index (χ2v) is 4.76. The second-order valence-electron chi connectivity index (χ2n) is 4.35. The zero-order chi connectivity index (χ0) is 15.7. The van der Waals surface area contributed by atoms with Crippen molar-refractivity contribution in [2.24, 2.45) is 0 Å². The van der Waals surface area contributed by atoms with Crippen LogP contribution >= 0.6 is 12.2 Å². The first-order valence-corrected chi connectivity index (χ1v) is 7.00. The summed E-state index contributed by atoms with van der Waals surface area (Å²) < 4.78 is 5.37. The highest BCUT2D eigenvalue weighted by molar-refractivity contribution is 7.80. The van der Waals surface area contributed by atoms with E-state index in [0.29, 0.717) is 12.2 Å². The monoisotopic (exact) mass is 309 g/mol. The van der Waals surface area contributed by atoms with Gasteiger partial charge in [-0.15, -0.1) is 0 Å². The molecule has 3 N–H and O–H groups in total. The minimum atomic E-state index is -0.398. The lowest BCUT2D eigenvalue weighted by Gasteiger charge is -2.12. The maximum atomic E-state index is 11.6. The van der Waals surface area contributed by atoms with Gasteiger partial charge in [0.05, 0.1) is 0 Å². The van der Waals surface area contributed by atoms with Crippen LogP contribution in [0.25, 0.3) is 0 Å². The van der Waals surface area contributed by atoms with Crippen molar-refractivity contribution in [1.82, 2.24) is 16.2 Å². The molecule has 6 nitrogen and oxygen atoms in total. The molecule has 0 spiro atoms. The van der Waals surface area contributed by atoms with Crippen LogP contribution in [0.4, 0.5) is 0 Å². The molecule has 114 valence electrons. The van der Waals surface area contributed by atoms with E-state index in [9.17, 15) is 9.59 Å². The van der Waals surface area contributed by atoms with Crippen molar-refractivity contribution >= 4 is 29.1 Å². The average Bonchev–Trinajstić information content (AvgIpc) is 2.44. The van der Waals surface area contributed by atoms with Crippen LogP contribution in [0.15, 0.2) is 24.3 Å². The molecule has 0 bridgehead atoms. The molecule has 0 saturated carbocycles. The van der Waals surface area contributed by atoms with E-state index in [4.69, 9.17) is 17.0 Å². The fraction of sp³-hybridized carbons (Fsp3) is 0.357. The van der Waals surface area contributed by atoms with Crippen molar-refractivity contribution < 1.29 is 14.3 Å². The van der Waals surface area contributed by atoms with Gasteiger partial charge in [-0.2, -0.15) is 0 Å². The number of aryl methyl sites for hydroxylation is 1. The third-order valence-corrected chi connectivity index (χ3v) is 2.70. The predicted octanol–water partition coefficient (Wildman–Crippen LogP) is 1.20. The number of rotatable bonds is 5. The molecular weight excluding hydrogens is 290 g/mol. The Balaban J connectivity index is 2.27. The summed E-state index contributed by atoms with van der Waals surface area (Å²) in [5.74, 6) is 0.0530. The zero-order valence-corrected chi connectivity index (χ0v) is 12.9. The van der Waals surface area contributed by atoms with E-state index in [1.165, 1.54) is 0 Å². The average molecular weight is 309 g/mol. The van der Waals surface area contributed by atoms with Crippen molar-refractivity contribution in [3.8, 4) is 5.75 Å². The summed E-state index contributed by atoms with van der Waals surface area (Å²) in [7, 11) is 0. The number of benzene rings is 1. The highest BCUT2D eigenvalue weighted by atomic mass is 32.1. The van der Waals surface area contributed by atoms with Gasteiger partial charge in [-0.05, 0) is 37.2 Å². The summed E-state index contributed by atoms with van der Waals surface area (Å²) in [5, 5.41) is 2.50. The maximum absolute atomic E-state index is 11.6. The van der Waals surface area contributed by atoms with Crippen LogP contribution in [0.3, 0.4) is 0 Å². The molecule has 0 radical (unpaired) electrons. The zero-order valence-electron chi connectivity index (χ0n) is 12.1. The molecule has 0 fully saturated rings. The fourth-order valence-corrected chi connectivity index (χ4v) is 1.64. The van der Waals surface area contributed by atoms with Crippen LogP contribution < -0.4 is 20.9 Å². The summed E-state index contributed by atoms with van der Waals surface area (Å²) in [5.41, 5.74) is 5.74. The molecule has 1 aromatic rings. The van der Waals surface area contributed by atoms with Gasteiger partial charge in [-0.25, -0.2) is 0 Å². The Morgan fingerprint density at radius 2 is 1.90 bits per heavy atom. The van der Waals surface area contributed by atoms with Crippen molar-refractivity contribution in [1.29, 1.82) is 0 Å². The molecule has 0 aliphatic heterocycles. The van der Waals surface area contributed by atoms with Gasteiger partial charge in [0.25, 0.3) is 5.91 Å². The highest BCUT2D eigenvalue weighted by Crippen LogP contribution is 2.15. The van der Waals surface area contributed by atoms with Crippen LogP contribution in [0.2, 0.25) is 0 Å². The quantitative estimate of drug-likeness (QED) is 0.562. The SMILES string of the molecule is CCCC(=O)NC(=S)NNC(=O)COc1ccccc1C. The maximum Gasteiger partial charge on any atom is 0.276 e. The van der Waals surface area contributed by atoms with Gasteiger partial charge in [0.15, 0.2) is 11.7 Å². The van der Waals surface area contributed by atoms with Gasteiger partial charge in [0, 0.05) is 6.42 Å². The van der Waals surface area contributed by atoms with Crippen molar-refractivity contribution in [2.75, 3.05) is 6.61 Å². The van der Waals surface area contributed by atoms with E-state index in [2.05, 4.69) is 16.2 Å². The van der Waals surface area contributed by atoms with Gasteiger partial charge in [0.2, 0.25) is 5.91 Å². The molecule has 0 saturated heterocycles. The van der Waals surface area contributed by atoms with Gasteiger partial charge >= 0.3 is 0 Å². The Hall–Kier alpha value is -2.15. The third kappa shape index (κ3) is 6.71. The van der Waals surface area contributed by atoms with Crippen molar-refractivity contribution in [2.45, 2.75) is 26.7 Å². The van der Waals surface area contributed by atoms with Gasteiger partial charge in [0.1, 0.15) is 5.75 Å². The number of hydrogen-bond acceptors (Lipinski definition) is 4. The van der Waals surface area contributed by atoms with Crippen LogP contribution in [0, 0.1) is 6.92 Å². The van der Waals surface area contributed by atoms with Crippen LogP contribution in [0.5, 0.6) is 5.75 Å². The molecule has 0 unspecified atom stereocenters. The molecule has 0 aliphatic rings. The molecule has 1 rings (SSSR count). The summed E-state index contributed by atoms with van der Waals surface area (Å²) in [6.45, 7) is 3.63. The van der Waals surface area contributed by atoms with Gasteiger partial charge in [-0.3, -0.25) is 20.4 Å².